The summed E-state index contributed by atoms with van der Waals surface area (Å²) in [5, 5.41) is 12.5. The normalized spacial score (nSPS) is 16.9. The molecule has 2 rings (SSSR count). The van der Waals surface area contributed by atoms with E-state index in [0.717, 1.165) is 25.3 Å². The van der Waals surface area contributed by atoms with Crippen molar-refractivity contribution >= 4 is 0 Å². The summed E-state index contributed by atoms with van der Waals surface area (Å²) in [4.78, 5) is 2.57. The molecule has 0 radical (unpaired) electrons. The Balaban J connectivity index is 1.74. The molecule has 1 aliphatic heterocycles. The summed E-state index contributed by atoms with van der Waals surface area (Å²) >= 11 is 0. The smallest absolute Gasteiger partial charge is 0.120 e. The Morgan fingerprint density at radius 3 is 2.55 bits per heavy atom. The minimum Gasteiger partial charge on any atom is -0.340 e. The Kier molecular flexibility index (Phi) is 5.63. The van der Waals surface area contributed by atoms with Gasteiger partial charge in [0.15, 0.2) is 0 Å². The number of rotatable bonds is 5. The molecular weight excluding hydrogens is 248 g/mol. The first kappa shape index (κ1) is 15.1. The van der Waals surface area contributed by atoms with E-state index in [9.17, 15) is 0 Å². The molecule has 4 nitrogen and oxygen atoms in total. The lowest BCUT2D eigenvalue weighted by atomic mass is 10.2. The van der Waals surface area contributed by atoms with Gasteiger partial charge in [0.1, 0.15) is 11.8 Å². The molecule has 1 aliphatic rings. The molecule has 1 N–H and O–H groups in total. The van der Waals surface area contributed by atoms with Crippen LogP contribution < -0.4 is 5.32 Å². The summed E-state index contributed by atoms with van der Waals surface area (Å²) in [6.07, 6.45) is 5.49. The fraction of sp³-hybridized carbons (Fsp3) is 0.688. The molecule has 1 aromatic heterocycles. The zero-order valence-electron chi connectivity index (χ0n) is 12.8. The van der Waals surface area contributed by atoms with Gasteiger partial charge in [-0.1, -0.05) is 12.8 Å². The second-order valence-electron chi connectivity index (χ2n) is 5.74. The average molecular weight is 274 g/mol. The van der Waals surface area contributed by atoms with Crippen molar-refractivity contribution in [2.45, 2.75) is 39.2 Å². The van der Waals surface area contributed by atoms with Crippen molar-refractivity contribution in [1.82, 2.24) is 14.8 Å². The van der Waals surface area contributed by atoms with Crippen molar-refractivity contribution in [2.24, 2.45) is 7.05 Å². The van der Waals surface area contributed by atoms with Crippen LogP contribution in [0.25, 0.3) is 0 Å². The van der Waals surface area contributed by atoms with E-state index < -0.39 is 0 Å². The Morgan fingerprint density at radius 2 is 1.95 bits per heavy atom. The lowest BCUT2D eigenvalue weighted by molar-refractivity contribution is 0.284. The molecule has 0 aromatic carbocycles. The number of nitrogens with one attached hydrogen (secondary N) is 1. The number of aromatic nitrogens is 1. The van der Waals surface area contributed by atoms with Crippen LogP contribution in [0.3, 0.4) is 0 Å². The van der Waals surface area contributed by atoms with Gasteiger partial charge in [0.05, 0.1) is 0 Å². The highest BCUT2D eigenvalue weighted by Crippen LogP contribution is 2.13. The Morgan fingerprint density at radius 1 is 1.25 bits per heavy atom. The number of nitriles is 1. The van der Waals surface area contributed by atoms with Crippen molar-refractivity contribution in [1.29, 1.82) is 5.26 Å². The van der Waals surface area contributed by atoms with Gasteiger partial charge in [-0.3, -0.25) is 0 Å². The Hall–Kier alpha value is -1.31. The first-order chi connectivity index (χ1) is 9.72. The summed E-state index contributed by atoms with van der Waals surface area (Å²) < 4.78 is 1.96. The zero-order valence-corrected chi connectivity index (χ0v) is 12.8. The van der Waals surface area contributed by atoms with E-state index in [0.29, 0.717) is 0 Å². The van der Waals surface area contributed by atoms with Gasteiger partial charge in [0.25, 0.3) is 0 Å². The largest absolute Gasteiger partial charge is 0.340 e. The monoisotopic (exact) mass is 274 g/mol. The molecule has 0 bridgehead atoms. The van der Waals surface area contributed by atoms with E-state index >= 15 is 0 Å². The van der Waals surface area contributed by atoms with E-state index in [2.05, 4.69) is 23.2 Å². The molecule has 0 atom stereocenters. The molecule has 1 aromatic rings. The summed E-state index contributed by atoms with van der Waals surface area (Å²) in [6.45, 7) is 7.60. The third-order valence-corrected chi connectivity index (χ3v) is 4.37. The number of likely N-dealkylation sites (tertiary alicyclic amines) is 1. The molecule has 20 heavy (non-hydrogen) atoms. The summed E-state index contributed by atoms with van der Waals surface area (Å²) in [5.41, 5.74) is 3.16. The molecule has 110 valence electrons. The standard InChI is InChI=1S/C16H26N4/c1-14-15(11-16(12-17)19(14)2)13-18-7-10-20-8-5-3-4-6-9-20/h11,18H,3-10,13H2,1-2H3. The van der Waals surface area contributed by atoms with E-state index in [1.54, 1.807) is 0 Å². The van der Waals surface area contributed by atoms with Crippen LogP contribution in [-0.2, 0) is 13.6 Å². The third-order valence-electron chi connectivity index (χ3n) is 4.37. The SMILES string of the molecule is Cc1c(CNCCN2CCCCCC2)cc(C#N)n1C. The predicted octanol–water partition coefficient (Wildman–Crippen LogP) is 2.17. The first-order valence-electron chi connectivity index (χ1n) is 7.70. The highest BCUT2D eigenvalue weighted by Gasteiger charge is 2.10. The van der Waals surface area contributed by atoms with Gasteiger partial charge >= 0.3 is 0 Å². The number of hydrogen-bond acceptors (Lipinski definition) is 3. The first-order valence-corrected chi connectivity index (χ1v) is 7.70. The minimum atomic E-state index is 0.742. The quantitative estimate of drug-likeness (QED) is 0.837. The van der Waals surface area contributed by atoms with Gasteiger partial charge in [-0.2, -0.15) is 5.26 Å². The minimum absolute atomic E-state index is 0.742. The van der Waals surface area contributed by atoms with E-state index in [1.165, 1.54) is 50.0 Å². The highest BCUT2D eigenvalue weighted by atomic mass is 15.1. The van der Waals surface area contributed by atoms with E-state index in [-0.39, 0.29) is 0 Å². The molecule has 0 spiro atoms. The molecule has 0 amide bonds. The van der Waals surface area contributed by atoms with Gasteiger partial charge < -0.3 is 14.8 Å². The molecule has 0 aliphatic carbocycles. The molecule has 1 saturated heterocycles. The van der Waals surface area contributed by atoms with Gasteiger partial charge in [-0.15, -0.1) is 0 Å². The number of nitrogens with zero attached hydrogens (tertiary/aromatic N) is 3. The van der Waals surface area contributed by atoms with Crippen molar-refractivity contribution in [3.8, 4) is 6.07 Å². The Bertz CT molecular complexity index is 462. The maximum atomic E-state index is 9.03. The predicted molar refractivity (Wildman–Crippen MR) is 81.5 cm³/mol. The van der Waals surface area contributed by atoms with Gasteiger partial charge in [0.2, 0.25) is 0 Å². The molecule has 0 saturated carbocycles. The van der Waals surface area contributed by atoms with Crippen LogP contribution in [0, 0.1) is 18.3 Å². The lowest BCUT2D eigenvalue weighted by Gasteiger charge is -2.19. The fourth-order valence-corrected chi connectivity index (χ4v) is 2.87. The summed E-state index contributed by atoms with van der Waals surface area (Å²) in [5.74, 6) is 0. The van der Waals surface area contributed by atoms with Crippen LogP contribution in [0.2, 0.25) is 0 Å². The topological polar surface area (TPSA) is 44.0 Å². The van der Waals surface area contributed by atoms with Crippen LogP contribution in [0.5, 0.6) is 0 Å². The van der Waals surface area contributed by atoms with Crippen molar-refractivity contribution < 1.29 is 0 Å². The summed E-state index contributed by atoms with van der Waals surface area (Å²) in [6, 6.07) is 4.23. The van der Waals surface area contributed by atoms with Crippen LogP contribution in [-0.4, -0.2) is 35.6 Å². The van der Waals surface area contributed by atoms with Crippen LogP contribution in [0.15, 0.2) is 6.07 Å². The lowest BCUT2D eigenvalue weighted by Crippen LogP contribution is -2.32. The zero-order chi connectivity index (χ0) is 14.4. The van der Waals surface area contributed by atoms with Crippen molar-refractivity contribution in [3.05, 3.63) is 23.0 Å². The van der Waals surface area contributed by atoms with Gasteiger partial charge in [-0.05, 0) is 44.5 Å². The van der Waals surface area contributed by atoms with Crippen LogP contribution in [0.1, 0.15) is 42.6 Å². The fourth-order valence-electron chi connectivity index (χ4n) is 2.87. The van der Waals surface area contributed by atoms with Gasteiger partial charge in [-0.25, -0.2) is 0 Å². The third kappa shape index (κ3) is 3.84. The molecule has 0 unspecified atom stereocenters. The maximum Gasteiger partial charge on any atom is 0.120 e. The number of hydrogen-bond donors (Lipinski definition) is 1. The molecule has 2 heterocycles. The summed E-state index contributed by atoms with van der Waals surface area (Å²) in [7, 11) is 1.95. The molecule has 4 heteroatoms. The van der Waals surface area contributed by atoms with Crippen molar-refractivity contribution in [3.63, 3.8) is 0 Å². The Labute approximate surface area is 122 Å². The highest BCUT2D eigenvalue weighted by molar-refractivity contribution is 5.33. The van der Waals surface area contributed by atoms with Crippen molar-refractivity contribution in [2.75, 3.05) is 26.2 Å². The molecular formula is C16H26N4. The van der Waals surface area contributed by atoms with E-state index in [1.807, 2.05) is 17.7 Å². The van der Waals surface area contributed by atoms with E-state index in [4.69, 9.17) is 5.26 Å². The van der Waals surface area contributed by atoms with Crippen LogP contribution >= 0.6 is 0 Å². The average Bonchev–Trinajstić information content (AvgIpc) is 2.66. The second kappa shape index (κ2) is 7.47. The van der Waals surface area contributed by atoms with Gasteiger partial charge in [0, 0.05) is 32.4 Å². The second-order valence-corrected chi connectivity index (χ2v) is 5.74. The van der Waals surface area contributed by atoms with Crippen LogP contribution in [0.4, 0.5) is 0 Å². The molecule has 1 fully saturated rings. The maximum absolute atomic E-state index is 9.03.